The smallest absolute Gasteiger partial charge is 0.257 e. The molecule has 0 spiro atoms. The molecule has 1 fully saturated rings. The third-order valence-electron chi connectivity index (χ3n) is 4.97. The van der Waals surface area contributed by atoms with Crippen LogP contribution >= 0.6 is 36.4 Å². The number of hydrogen-bond donors (Lipinski definition) is 3. The number of benzene rings is 1. The van der Waals surface area contributed by atoms with Crippen molar-refractivity contribution in [2.75, 3.05) is 10.6 Å². The fourth-order valence-electron chi connectivity index (χ4n) is 3.43. The van der Waals surface area contributed by atoms with Crippen LogP contribution in [0.4, 0.5) is 11.4 Å². The summed E-state index contributed by atoms with van der Waals surface area (Å²) in [5, 5.41) is 5.87. The van der Waals surface area contributed by atoms with E-state index in [0.717, 1.165) is 25.7 Å². The number of carbonyl (C=O) groups excluding carboxylic acids is 2. The van der Waals surface area contributed by atoms with Gasteiger partial charge in [-0.25, -0.2) is 0 Å². The number of nitrogens with zero attached hydrogens (tertiary/aromatic N) is 1. The van der Waals surface area contributed by atoms with Gasteiger partial charge in [-0.15, -0.1) is 24.8 Å². The van der Waals surface area contributed by atoms with E-state index >= 15 is 0 Å². The molecule has 1 aromatic heterocycles. The first-order valence-corrected chi connectivity index (χ1v) is 9.35. The molecule has 2 amide bonds. The Morgan fingerprint density at radius 1 is 1.17 bits per heavy atom. The number of aromatic nitrogens is 1. The number of nitrogens with one attached hydrogen (secondary N) is 2. The van der Waals surface area contributed by atoms with E-state index in [1.807, 2.05) is 6.92 Å². The van der Waals surface area contributed by atoms with Gasteiger partial charge in [-0.2, -0.15) is 0 Å². The summed E-state index contributed by atoms with van der Waals surface area (Å²) >= 11 is 6.26. The predicted octanol–water partition coefficient (Wildman–Crippen LogP) is 4.68. The van der Waals surface area contributed by atoms with E-state index in [1.165, 1.54) is 0 Å². The topological polar surface area (TPSA) is 97.1 Å². The maximum atomic E-state index is 12.6. The van der Waals surface area contributed by atoms with Crippen LogP contribution in [0.5, 0.6) is 0 Å². The molecule has 9 heteroatoms. The summed E-state index contributed by atoms with van der Waals surface area (Å²) in [5.41, 5.74) is 7.24. The third kappa shape index (κ3) is 6.31. The van der Waals surface area contributed by atoms with Gasteiger partial charge in [0.25, 0.3) is 5.91 Å². The average molecular weight is 460 g/mol. The number of halogens is 3. The van der Waals surface area contributed by atoms with Crippen LogP contribution in [0.2, 0.25) is 5.02 Å². The molecule has 0 radical (unpaired) electrons. The summed E-state index contributed by atoms with van der Waals surface area (Å²) in [7, 11) is 0. The maximum absolute atomic E-state index is 12.6. The Kier molecular flexibility index (Phi) is 9.36. The summed E-state index contributed by atoms with van der Waals surface area (Å²) in [6, 6.07) is 8.30. The van der Waals surface area contributed by atoms with Crippen molar-refractivity contribution in [1.29, 1.82) is 0 Å². The zero-order chi connectivity index (χ0) is 19.4. The lowest BCUT2D eigenvalue weighted by molar-refractivity contribution is -0.122. The molecule has 1 saturated carbocycles. The van der Waals surface area contributed by atoms with Crippen molar-refractivity contribution in [1.82, 2.24) is 4.98 Å². The van der Waals surface area contributed by atoms with Crippen molar-refractivity contribution < 1.29 is 9.59 Å². The first kappa shape index (κ1) is 25.2. The van der Waals surface area contributed by atoms with E-state index in [2.05, 4.69) is 15.6 Å². The van der Waals surface area contributed by atoms with Crippen LogP contribution < -0.4 is 16.4 Å². The molecule has 0 bridgehead atoms. The summed E-state index contributed by atoms with van der Waals surface area (Å²) in [5.74, 6) is -0.686. The summed E-state index contributed by atoms with van der Waals surface area (Å²) in [4.78, 5) is 29.0. The molecule has 4 N–H and O–H groups in total. The van der Waals surface area contributed by atoms with Gasteiger partial charge in [0, 0.05) is 17.4 Å². The first-order valence-electron chi connectivity index (χ1n) is 8.97. The van der Waals surface area contributed by atoms with Gasteiger partial charge in [-0.3, -0.25) is 14.6 Å². The predicted molar refractivity (Wildman–Crippen MR) is 121 cm³/mol. The second-order valence-corrected chi connectivity index (χ2v) is 7.59. The highest BCUT2D eigenvalue weighted by Crippen LogP contribution is 2.33. The molecule has 1 aromatic carbocycles. The molecular weight excluding hydrogens is 435 g/mol. The van der Waals surface area contributed by atoms with Gasteiger partial charge in [0.05, 0.1) is 28.4 Å². The molecular formula is C20H25Cl3N4O2. The molecule has 2 unspecified atom stereocenters. The second kappa shape index (κ2) is 10.8. The molecule has 1 heterocycles. The van der Waals surface area contributed by atoms with Crippen LogP contribution in [0.1, 0.15) is 43.0 Å². The molecule has 3 rings (SSSR count). The molecule has 29 heavy (non-hydrogen) atoms. The van der Waals surface area contributed by atoms with Gasteiger partial charge < -0.3 is 16.4 Å². The van der Waals surface area contributed by atoms with Crippen molar-refractivity contribution in [3.63, 3.8) is 0 Å². The number of nitrogens with two attached hydrogens (primary N) is 1. The Hall–Kier alpha value is -1.86. The number of pyridine rings is 1. The minimum absolute atomic E-state index is 0. The van der Waals surface area contributed by atoms with Crippen molar-refractivity contribution in [2.24, 2.45) is 11.7 Å². The van der Waals surface area contributed by atoms with Gasteiger partial charge in [-0.05, 0) is 50.1 Å². The minimum atomic E-state index is -0.504. The first-order chi connectivity index (χ1) is 12.9. The van der Waals surface area contributed by atoms with Crippen molar-refractivity contribution in [3.8, 4) is 0 Å². The Morgan fingerprint density at radius 2 is 1.93 bits per heavy atom. The van der Waals surface area contributed by atoms with Crippen molar-refractivity contribution in [2.45, 2.75) is 38.1 Å². The van der Waals surface area contributed by atoms with Crippen LogP contribution in [0, 0.1) is 5.92 Å². The van der Waals surface area contributed by atoms with Crippen molar-refractivity contribution in [3.05, 3.63) is 53.3 Å². The van der Waals surface area contributed by atoms with E-state index in [0.29, 0.717) is 16.9 Å². The zero-order valence-electron chi connectivity index (χ0n) is 16.0. The zero-order valence-corrected chi connectivity index (χ0v) is 18.4. The monoisotopic (exact) mass is 458 g/mol. The van der Waals surface area contributed by atoms with Crippen LogP contribution in [0.15, 0.2) is 42.7 Å². The number of anilines is 2. The average Bonchev–Trinajstić information content (AvgIpc) is 2.62. The highest BCUT2D eigenvalue weighted by molar-refractivity contribution is 6.34. The molecule has 1 aliphatic carbocycles. The number of carbonyl (C=O) groups is 2. The van der Waals surface area contributed by atoms with Crippen LogP contribution in [-0.4, -0.2) is 22.3 Å². The number of amides is 2. The van der Waals surface area contributed by atoms with E-state index in [9.17, 15) is 9.59 Å². The molecule has 6 nitrogen and oxygen atoms in total. The Labute approximate surface area is 187 Å². The fourth-order valence-corrected chi connectivity index (χ4v) is 3.70. The molecule has 2 atom stereocenters. The Morgan fingerprint density at radius 3 is 2.55 bits per heavy atom. The second-order valence-electron chi connectivity index (χ2n) is 7.18. The Bertz CT molecular complexity index is 847. The standard InChI is InChI=1S/C20H23ClN4O2.2ClH/c1-20(22)9-3-2-6-16(20)19(27)24-13-7-8-15(17(21)11-13)18(26)25-14-5-4-10-23-12-14;;/h4-5,7-8,10-12,16H,2-3,6,9,22H2,1H3,(H,24,27)(H,25,26);2*1H. The van der Waals surface area contributed by atoms with Gasteiger partial charge in [-0.1, -0.05) is 24.4 Å². The lowest BCUT2D eigenvalue weighted by atomic mass is 9.74. The van der Waals surface area contributed by atoms with E-state index in [4.69, 9.17) is 17.3 Å². The molecule has 1 aliphatic rings. The lowest BCUT2D eigenvalue weighted by Crippen LogP contribution is -2.51. The largest absolute Gasteiger partial charge is 0.326 e. The molecule has 0 aliphatic heterocycles. The van der Waals surface area contributed by atoms with Crippen LogP contribution in [0.25, 0.3) is 0 Å². The number of hydrogen-bond acceptors (Lipinski definition) is 4. The quantitative estimate of drug-likeness (QED) is 0.618. The van der Waals surface area contributed by atoms with Gasteiger partial charge >= 0.3 is 0 Å². The highest BCUT2D eigenvalue weighted by Gasteiger charge is 2.37. The molecule has 158 valence electrons. The Balaban J connectivity index is 0.00000210. The molecule has 2 aromatic rings. The number of rotatable bonds is 4. The van der Waals surface area contributed by atoms with Gasteiger partial charge in [0.15, 0.2) is 0 Å². The van der Waals surface area contributed by atoms with Gasteiger partial charge in [0.2, 0.25) is 5.91 Å². The minimum Gasteiger partial charge on any atom is -0.326 e. The summed E-state index contributed by atoms with van der Waals surface area (Å²) < 4.78 is 0. The lowest BCUT2D eigenvalue weighted by Gasteiger charge is -2.37. The van der Waals surface area contributed by atoms with E-state index in [1.54, 1.807) is 42.7 Å². The van der Waals surface area contributed by atoms with Crippen molar-refractivity contribution >= 4 is 59.6 Å². The van der Waals surface area contributed by atoms with E-state index in [-0.39, 0.29) is 47.6 Å². The molecule has 0 saturated heterocycles. The van der Waals surface area contributed by atoms with Crippen LogP contribution in [0.3, 0.4) is 0 Å². The third-order valence-corrected chi connectivity index (χ3v) is 5.28. The van der Waals surface area contributed by atoms with E-state index < -0.39 is 5.54 Å². The van der Waals surface area contributed by atoms with Crippen LogP contribution in [-0.2, 0) is 4.79 Å². The summed E-state index contributed by atoms with van der Waals surface area (Å²) in [6.07, 6.45) is 6.83. The normalized spacial score (nSPS) is 20.6. The fraction of sp³-hybridized carbons (Fsp3) is 0.350. The highest BCUT2D eigenvalue weighted by atomic mass is 35.5. The van der Waals surface area contributed by atoms with Gasteiger partial charge in [0.1, 0.15) is 0 Å². The SMILES string of the molecule is CC1(N)CCCCC1C(=O)Nc1ccc(C(=O)Nc2cccnc2)c(Cl)c1.Cl.Cl. The summed E-state index contributed by atoms with van der Waals surface area (Å²) in [6.45, 7) is 1.93. The maximum Gasteiger partial charge on any atom is 0.257 e.